The number of hydrogen-bond acceptors (Lipinski definition) is 6. The van der Waals surface area contributed by atoms with Crippen LogP contribution in [0.2, 0.25) is 0 Å². The number of halogens is 2. The number of sulfonamides is 1. The van der Waals surface area contributed by atoms with Crippen LogP contribution in [0.3, 0.4) is 0 Å². The number of carbonyl (C=O) groups excluding carboxylic acids is 1. The van der Waals surface area contributed by atoms with Crippen molar-refractivity contribution in [3.63, 3.8) is 0 Å². The number of nitrogens with one attached hydrogen (secondary N) is 1. The Kier molecular flexibility index (Phi) is 5.07. The number of alkyl halides is 2. The molecule has 0 spiro atoms. The van der Waals surface area contributed by atoms with Gasteiger partial charge in [0.15, 0.2) is 0 Å². The van der Waals surface area contributed by atoms with Gasteiger partial charge in [-0.05, 0) is 13.0 Å². The van der Waals surface area contributed by atoms with Gasteiger partial charge in [-0.3, -0.25) is 4.79 Å². The van der Waals surface area contributed by atoms with Crippen LogP contribution >= 0.6 is 0 Å². The summed E-state index contributed by atoms with van der Waals surface area (Å²) in [5.41, 5.74) is 0.299. The fourth-order valence-electron chi connectivity index (χ4n) is 3.14. The van der Waals surface area contributed by atoms with Crippen LogP contribution in [0.15, 0.2) is 16.9 Å². The van der Waals surface area contributed by atoms with Gasteiger partial charge in [0.1, 0.15) is 17.9 Å². The van der Waals surface area contributed by atoms with Gasteiger partial charge in [0.25, 0.3) is 5.92 Å². The van der Waals surface area contributed by atoms with Crippen molar-refractivity contribution < 1.29 is 26.5 Å². The maximum Gasteiger partial charge on any atom is 0.271 e. The van der Waals surface area contributed by atoms with Gasteiger partial charge >= 0.3 is 0 Å². The Hall–Kier alpha value is -1.59. The molecule has 25 heavy (non-hydrogen) atoms. The zero-order valence-corrected chi connectivity index (χ0v) is 14.3. The van der Waals surface area contributed by atoms with Gasteiger partial charge in [-0.25, -0.2) is 17.2 Å². The first kappa shape index (κ1) is 18.2. The molecule has 2 saturated heterocycles. The molecule has 0 radical (unpaired) electrons. The molecule has 1 amide bonds. The summed E-state index contributed by atoms with van der Waals surface area (Å²) in [7, 11) is -3.59. The van der Waals surface area contributed by atoms with E-state index in [1.54, 1.807) is 0 Å². The lowest BCUT2D eigenvalue weighted by Crippen LogP contribution is -2.57. The quantitative estimate of drug-likeness (QED) is 0.786. The van der Waals surface area contributed by atoms with E-state index < -0.39 is 34.3 Å². The Labute approximate surface area is 144 Å². The lowest BCUT2D eigenvalue weighted by Gasteiger charge is -2.38. The van der Waals surface area contributed by atoms with E-state index in [-0.39, 0.29) is 38.4 Å². The van der Waals surface area contributed by atoms with Gasteiger partial charge in [0.2, 0.25) is 15.9 Å². The summed E-state index contributed by atoms with van der Waals surface area (Å²) in [5.74, 6) is -5.30. The number of carbonyl (C=O) groups is 1. The molecule has 1 aromatic rings. The highest BCUT2D eigenvalue weighted by Crippen LogP contribution is 2.31. The van der Waals surface area contributed by atoms with Gasteiger partial charge in [-0.15, -0.1) is 0 Å². The van der Waals surface area contributed by atoms with Crippen molar-refractivity contribution in [2.75, 3.05) is 39.3 Å². The Morgan fingerprint density at radius 2 is 2.08 bits per heavy atom. The van der Waals surface area contributed by atoms with Crippen molar-refractivity contribution in [3.8, 4) is 0 Å². The Bertz CT molecular complexity index is 702. The van der Waals surface area contributed by atoms with Gasteiger partial charge < -0.3 is 14.7 Å². The van der Waals surface area contributed by atoms with Gasteiger partial charge in [0, 0.05) is 32.2 Å². The second-order valence-corrected chi connectivity index (χ2v) is 8.22. The van der Waals surface area contributed by atoms with Crippen LogP contribution in [-0.2, 0) is 20.6 Å². The molecule has 0 aromatic carbocycles. The number of piperazine rings is 1. The highest BCUT2D eigenvalue weighted by Gasteiger charge is 2.47. The van der Waals surface area contributed by atoms with Crippen LogP contribution in [0.5, 0.6) is 0 Å². The zero-order chi connectivity index (χ0) is 18.1. The largest absolute Gasteiger partial charge is 0.364 e. The molecule has 3 heterocycles. The maximum absolute atomic E-state index is 13.9. The SMILES string of the molecule is O=C(C1CCNCC1(F)F)N1CCN(S(=O)(=O)Cc2ccon2)CC1. The summed E-state index contributed by atoms with van der Waals surface area (Å²) in [4.78, 5) is 13.7. The number of amides is 1. The second kappa shape index (κ2) is 6.96. The van der Waals surface area contributed by atoms with Gasteiger partial charge in [-0.1, -0.05) is 5.16 Å². The van der Waals surface area contributed by atoms with Crippen LogP contribution in [-0.4, -0.2) is 73.9 Å². The predicted octanol–water partition coefficient (Wildman–Crippen LogP) is -0.107. The number of rotatable bonds is 4. The summed E-state index contributed by atoms with van der Waals surface area (Å²) < 4.78 is 58.4. The molecule has 0 saturated carbocycles. The smallest absolute Gasteiger partial charge is 0.271 e. The van der Waals surface area contributed by atoms with Crippen molar-refractivity contribution >= 4 is 15.9 Å². The Morgan fingerprint density at radius 3 is 2.68 bits per heavy atom. The van der Waals surface area contributed by atoms with E-state index >= 15 is 0 Å². The number of nitrogens with zero attached hydrogens (tertiary/aromatic N) is 3. The van der Waals surface area contributed by atoms with Crippen LogP contribution in [0.1, 0.15) is 12.1 Å². The highest BCUT2D eigenvalue weighted by atomic mass is 32.2. The minimum absolute atomic E-state index is 0.0799. The average molecular weight is 378 g/mol. The molecule has 2 fully saturated rings. The maximum atomic E-state index is 13.9. The third-order valence-corrected chi connectivity index (χ3v) is 6.36. The van der Waals surface area contributed by atoms with Gasteiger partial charge in [0.05, 0.1) is 12.2 Å². The number of piperidine rings is 1. The molecule has 2 aliphatic rings. The van der Waals surface area contributed by atoms with E-state index in [1.165, 1.54) is 21.5 Å². The average Bonchev–Trinajstić information content (AvgIpc) is 3.06. The predicted molar refractivity (Wildman–Crippen MR) is 83.2 cm³/mol. The minimum atomic E-state index is -3.59. The molecule has 3 rings (SSSR count). The molecule has 0 aliphatic carbocycles. The third-order valence-electron chi connectivity index (χ3n) is 4.54. The topological polar surface area (TPSA) is 95.8 Å². The van der Waals surface area contributed by atoms with E-state index in [1.807, 2.05) is 0 Å². The molecular formula is C14H20F2N4O4S. The molecule has 140 valence electrons. The second-order valence-electron chi connectivity index (χ2n) is 6.25. The van der Waals surface area contributed by atoms with Crippen LogP contribution in [0.25, 0.3) is 0 Å². The van der Waals surface area contributed by atoms with Gasteiger partial charge in [-0.2, -0.15) is 4.31 Å². The number of hydrogen-bond donors (Lipinski definition) is 1. The Balaban J connectivity index is 1.59. The number of aromatic nitrogens is 1. The first-order valence-electron chi connectivity index (χ1n) is 8.04. The summed E-state index contributed by atoms with van der Waals surface area (Å²) in [6.45, 7) is 0.256. The van der Waals surface area contributed by atoms with Crippen molar-refractivity contribution in [2.24, 2.45) is 5.92 Å². The van der Waals surface area contributed by atoms with Crippen LogP contribution in [0, 0.1) is 5.92 Å². The van der Waals surface area contributed by atoms with Crippen molar-refractivity contribution in [3.05, 3.63) is 18.0 Å². The zero-order valence-electron chi connectivity index (χ0n) is 13.5. The van der Waals surface area contributed by atoms with E-state index in [2.05, 4.69) is 15.0 Å². The summed E-state index contributed by atoms with van der Waals surface area (Å²) >= 11 is 0. The molecule has 0 bridgehead atoms. The lowest BCUT2D eigenvalue weighted by atomic mass is 9.92. The summed E-state index contributed by atoms with van der Waals surface area (Å²) in [5, 5.41) is 6.17. The highest BCUT2D eigenvalue weighted by molar-refractivity contribution is 7.88. The third kappa shape index (κ3) is 3.98. The van der Waals surface area contributed by atoms with Crippen molar-refractivity contribution in [1.82, 2.24) is 19.7 Å². The molecule has 1 atom stereocenters. The lowest BCUT2D eigenvalue weighted by molar-refractivity contribution is -0.154. The minimum Gasteiger partial charge on any atom is -0.364 e. The van der Waals surface area contributed by atoms with E-state index in [9.17, 15) is 22.0 Å². The molecule has 8 nitrogen and oxygen atoms in total. The van der Waals surface area contributed by atoms with Crippen molar-refractivity contribution in [1.29, 1.82) is 0 Å². The summed E-state index contributed by atoms with van der Waals surface area (Å²) in [6, 6.07) is 1.47. The van der Waals surface area contributed by atoms with Crippen LogP contribution < -0.4 is 5.32 Å². The first-order chi connectivity index (χ1) is 11.8. The molecular weight excluding hydrogens is 358 g/mol. The first-order valence-corrected chi connectivity index (χ1v) is 9.65. The fraction of sp³-hybridized carbons (Fsp3) is 0.714. The Morgan fingerprint density at radius 1 is 1.36 bits per heavy atom. The van der Waals surface area contributed by atoms with E-state index in [0.717, 1.165) is 0 Å². The molecule has 1 aromatic heterocycles. The van der Waals surface area contributed by atoms with Crippen molar-refractivity contribution in [2.45, 2.75) is 18.1 Å². The van der Waals surface area contributed by atoms with E-state index in [4.69, 9.17) is 0 Å². The molecule has 1 N–H and O–H groups in total. The molecule has 1 unspecified atom stereocenters. The standard InChI is InChI=1S/C14H20F2N4O4S/c15-14(16)10-17-3-1-12(14)13(21)19-4-6-20(7-5-19)25(22,23)9-11-2-8-24-18-11/h2,8,12,17H,1,3-7,9-10H2. The fourth-order valence-corrected chi connectivity index (χ4v) is 4.56. The normalized spacial score (nSPS) is 25.0. The molecule has 11 heteroatoms. The summed E-state index contributed by atoms with van der Waals surface area (Å²) in [6.07, 6.45) is 1.37. The monoisotopic (exact) mass is 378 g/mol. The van der Waals surface area contributed by atoms with E-state index in [0.29, 0.717) is 12.2 Å². The van der Waals surface area contributed by atoms with Crippen LogP contribution in [0.4, 0.5) is 8.78 Å². The molecule has 2 aliphatic heterocycles.